The summed E-state index contributed by atoms with van der Waals surface area (Å²) in [4.78, 5) is 16.0. The van der Waals surface area contributed by atoms with Crippen LogP contribution in [-0.4, -0.2) is 28.6 Å². The molecule has 1 aliphatic rings. The van der Waals surface area contributed by atoms with Gasteiger partial charge in [-0.25, -0.2) is 4.98 Å². The second-order valence-electron chi connectivity index (χ2n) is 4.73. The summed E-state index contributed by atoms with van der Waals surface area (Å²) in [6.07, 6.45) is 5.15. The number of aromatic nitrogens is 1. The van der Waals surface area contributed by atoms with Gasteiger partial charge in [-0.2, -0.15) is 0 Å². The summed E-state index contributed by atoms with van der Waals surface area (Å²) in [5.74, 6) is 0.383. The molecule has 4 nitrogen and oxygen atoms in total. The van der Waals surface area contributed by atoms with E-state index < -0.39 is 0 Å². The zero-order valence-electron chi connectivity index (χ0n) is 10.1. The molecule has 1 aromatic heterocycles. The molecular weight excluding hydrogens is 296 g/mol. The molecule has 1 aliphatic carbocycles. The largest absolute Gasteiger partial charge is 0.393 e. The first kappa shape index (κ1) is 13.5. The molecule has 0 saturated heterocycles. The van der Waals surface area contributed by atoms with Crippen molar-refractivity contribution in [2.45, 2.75) is 31.8 Å². The molecule has 0 radical (unpaired) electrons. The van der Waals surface area contributed by atoms with Crippen LogP contribution in [0.1, 0.15) is 36.0 Å². The van der Waals surface area contributed by atoms with Gasteiger partial charge in [0.1, 0.15) is 4.60 Å². The first-order chi connectivity index (χ1) is 8.66. The average Bonchev–Trinajstić information content (AvgIpc) is 2.38. The van der Waals surface area contributed by atoms with Gasteiger partial charge in [0.05, 0.1) is 11.7 Å². The van der Waals surface area contributed by atoms with Crippen LogP contribution in [0.4, 0.5) is 0 Å². The number of amides is 1. The fourth-order valence-corrected chi connectivity index (χ4v) is 2.67. The van der Waals surface area contributed by atoms with Crippen molar-refractivity contribution in [1.29, 1.82) is 0 Å². The average molecular weight is 313 g/mol. The topological polar surface area (TPSA) is 62.2 Å². The Morgan fingerprint density at radius 1 is 1.44 bits per heavy atom. The van der Waals surface area contributed by atoms with Gasteiger partial charge in [0.25, 0.3) is 5.91 Å². The number of halogens is 1. The number of hydrogen-bond donors (Lipinski definition) is 2. The van der Waals surface area contributed by atoms with Crippen LogP contribution in [0.3, 0.4) is 0 Å². The summed E-state index contributed by atoms with van der Waals surface area (Å²) in [7, 11) is 0. The van der Waals surface area contributed by atoms with Crippen LogP contribution in [0.2, 0.25) is 0 Å². The smallest absolute Gasteiger partial charge is 0.254 e. The third-order valence-electron chi connectivity index (χ3n) is 3.37. The van der Waals surface area contributed by atoms with Crippen molar-refractivity contribution in [1.82, 2.24) is 10.3 Å². The first-order valence-corrected chi connectivity index (χ1v) is 7.03. The molecule has 1 amide bonds. The monoisotopic (exact) mass is 312 g/mol. The molecule has 0 spiro atoms. The molecule has 0 atom stereocenters. The second-order valence-corrected chi connectivity index (χ2v) is 5.48. The zero-order chi connectivity index (χ0) is 13.0. The molecular formula is C13H17BrN2O2. The minimum Gasteiger partial charge on any atom is -0.393 e. The molecule has 2 N–H and O–H groups in total. The maximum absolute atomic E-state index is 11.9. The number of aliphatic hydroxyl groups excluding tert-OH is 1. The Hall–Kier alpha value is -0.940. The minimum absolute atomic E-state index is 0.0962. The highest BCUT2D eigenvalue weighted by atomic mass is 79.9. The van der Waals surface area contributed by atoms with Gasteiger partial charge in [0, 0.05) is 12.7 Å². The quantitative estimate of drug-likeness (QED) is 0.840. The van der Waals surface area contributed by atoms with E-state index in [0.717, 1.165) is 25.7 Å². The molecule has 1 saturated carbocycles. The lowest BCUT2D eigenvalue weighted by Crippen LogP contribution is -2.32. The summed E-state index contributed by atoms with van der Waals surface area (Å²) >= 11 is 3.27. The van der Waals surface area contributed by atoms with Gasteiger partial charge in [-0.05, 0) is 59.7 Å². The third-order valence-corrected chi connectivity index (χ3v) is 4.00. The van der Waals surface area contributed by atoms with Crippen molar-refractivity contribution in [3.63, 3.8) is 0 Å². The van der Waals surface area contributed by atoms with Crippen LogP contribution in [0.5, 0.6) is 0 Å². The van der Waals surface area contributed by atoms with Crippen molar-refractivity contribution in [3.8, 4) is 0 Å². The number of hydrogen-bond acceptors (Lipinski definition) is 3. The first-order valence-electron chi connectivity index (χ1n) is 6.23. The number of aliphatic hydroxyl groups is 1. The normalized spacial score (nSPS) is 23.7. The Balaban J connectivity index is 1.84. The fourth-order valence-electron chi connectivity index (χ4n) is 2.24. The SMILES string of the molecule is O=C(NCC1CCC(O)CC1)c1cccnc1Br. The Morgan fingerprint density at radius 2 is 2.17 bits per heavy atom. The van der Waals surface area contributed by atoms with Crippen molar-refractivity contribution in [3.05, 3.63) is 28.5 Å². The minimum atomic E-state index is -0.149. The van der Waals surface area contributed by atoms with E-state index in [4.69, 9.17) is 0 Å². The van der Waals surface area contributed by atoms with Gasteiger partial charge in [-0.15, -0.1) is 0 Å². The van der Waals surface area contributed by atoms with Gasteiger partial charge >= 0.3 is 0 Å². The maximum Gasteiger partial charge on any atom is 0.254 e. The van der Waals surface area contributed by atoms with Crippen molar-refractivity contribution in [2.24, 2.45) is 5.92 Å². The van der Waals surface area contributed by atoms with Gasteiger partial charge in [-0.3, -0.25) is 4.79 Å². The van der Waals surface area contributed by atoms with E-state index in [1.165, 1.54) is 0 Å². The summed E-state index contributed by atoms with van der Waals surface area (Å²) in [5, 5.41) is 12.4. The van der Waals surface area contributed by atoms with Crippen LogP contribution in [-0.2, 0) is 0 Å². The van der Waals surface area contributed by atoms with Crippen LogP contribution in [0.15, 0.2) is 22.9 Å². The molecule has 1 heterocycles. The van der Waals surface area contributed by atoms with Gasteiger partial charge < -0.3 is 10.4 Å². The Bertz CT molecular complexity index is 417. The fraction of sp³-hybridized carbons (Fsp3) is 0.538. The van der Waals surface area contributed by atoms with E-state index in [2.05, 4.69) is 26.2 Å². The van der Waals surface area contributed by atoms with E-state index in [1.807, 2.05) is 0 Å². The van der Waals surface area contributed by atoms with E-state index in [-0.39, 0.29) is 12.0 Å². The van der Waals surface area contributed by atoms with Crippen molar-refractivity contribution < 1.29 is 9.90 Å². The summed E-state index contributed by atoms with van der Waals surface area (Å²) < 4.78 is 0.571. The molecule has 1 fully saturated rings. The number of rotatable bonds is 3. The highest BCUT2D eigenvalue weighted by Crippen LogP contribution is 2.23. The molecule has 5 heteroatoms. The number of nitrogens with one attached hydrogen (secondary N) is 1. The third kappa shape index (κ3) is 3.53. The lowest BCUT2D eigenvalue weighted by Gasteiger charge is -2.25. The summed E-state index contributed by atoms with van der Waals surface area (Å²) in [6.45, 7) is 0.673. The van der Waals surface area contributed by atoms with E-state index in [0.29, 0.717) is 22.6 Å². The van der Waals surface area contributed by atoms with Crippen molar-refractivity contribution >= 4 is 21.8 Å². The van der Waals surface area contributed by atoms with Gasteiger partial charge in [0.2, 0.25) is 0 Å². The predicted molar refractivity (Wildman–Crippen MR) is 72.2 cm³/mol. The standard InChI is InChI=1S/C13H17BrN2O2/c14-12-11(2-1-7-15-12)13(18)16-8-9-3-5-10(17)6-4-9/h1-2,7,9-10,17H,3-6,8H2,(H,16,18). The summed E-state index contributed by atoms with van der Waals surface area (Å²) in [6, 6.07) is 3.49. The highest BCUT2D eigenvalue weighted by molar-refractivity contribution is 9.10. The molecule has 1 aromatic rings. The molecule has 0 aliphatic heterocycles. The van der Waals surface area contributed by atoms with Crippen LogP contribution in [0.25, 0.3) is 0 Å². The van der Waals surface area contributed by atoms with Crippen LogP contribution >= 0.6 is 15.9 Å². The molecule has 0 bridgehead atoms. The Kier molecular flexibility index (Phi) is 4.72. The van der Waals surface area contributed by atoms with Gasteiger partial charge in [0.15, 0.2) is 0 Å². The lowest BCUT2D eigenvalue weighted by molar-refractivity contribution is 0.0909. The van der Waals surface area contributed by atoms with Gasteiger partial charge in [-0.1, -0.05) is 0 Å². The molecule has 18 heavy (non-hydrogen) atoms. The Morgan fingerprint density at radius 3 is 2.83 bits per heavy atom. The highest BCUT2D eigenvalue weighted by Gasteiger charge is 2.20. The summed E-state index contributed by atoms with van der Waals surface area (Å²) in [5.41, 5.74) is 0.563. The molecule has 0 aromatic carbocycles. The number of pyridine rings is 1. The Labute approximate surface area is 115 Å². The molecule has 98 valence electrons. The van der Waals surface area contributed by atoms with E-state index >= 15 is 0 Å². The predicted octanol–water partition coefficient (Wildman–Crippen LogP) is 2.12. The van der Waals surface area contributed by atoms with E-state index in [9.17, 15) is 9.90 Å². The molecule has 2 rings (SSSR count). The second kappa shape index (κ2) is 6.29. The van der Waals surface area contributed by atoms with Crippen molar-refractivity contribution in [2.75, 3.05) is 6.54 Å². The number of nitrogens with zero attached hydrogens (tertiary/aromatic N) is 1. The van der Waals surface area contributed by atoms with Crippen LogP contribution in [0, 0.1) is 5.92 Å². The van der Waals surface area contributed by atoms with Crippen LogP contribution < -0.4 is 5.32 Å². The zero-order valence-corrected chi connectivity index (χ0v) is 11.7. The number of carbonyl (C=O) groups excluding carboxylic acids is 1. The lowest BCUT2D eigenvalue weighted by atomic mass is 9.87. The number of carbonyl (C=O) groups is 1. The molecule has 0 unspecified atom stereocenters. The maximum atomic E-state index is 11.9. The van der Waals surface area contributed by atoms with E-state index in [1.54, 1.807) is 18.3 Å².